The predicted octanol–water partition coefficient (Wildman–Crippen LogP) is 14.2. The number of allylic oxidation sites excluding steroid dienone is 1. The Morgan fingerprint density at radius 2 is 0.864 bits per heavy atom. The maximum atomic E-state index is 14.6. The van der Waals surface area contributed by atoms with Crippen LogP contribution in [0.25, 0.3) is 0 Å². The molecule has 3 aliphatic heterocycles. The summed E-state index contributed by atoms with van der Waals surface area (Å²) in [6, 6.07) is 22.9. The number of carbonyl (C=O) groups excluding carboxylic acids is 4. The molecule has 6 rings (SSSR count). The number of benzene rings is 3. The lowest BCUT2D eigenvalue weighted by molar-refractivity contribution is -0.149. The van der Waals surface area contributed by atoms with Crippen molar-refractivity contribution in [2.45, 2.75) is 175 Å². The Balaban J connectivity index is 1.32. The maximum absolute atomic E-state index is 14.6. The number of carbonyl (C=O) groups is 4. The molecule has 0 unspecified atom stereocenters. The van der Waals surface area contributed by atoms with Gasteiger partial charge in [0, 0.05) is 12.8 Å². The molecule has 2 amide bonds. The summed E-state index contributed by atoms with van der Waals surface area (Å²) in [6.07, 6.45) is 20.0. The number of hydrogen-bond donors (Lipinski definition) is 0. The summed E-state index contributed by atoms with van der Waals surface area (Å²) in [5.41, 5.74) is 1.57. The highest BCUT2D eigenvalue weighted by Gasteiger charge is 2.47. The topological polar surface area (TPSA) is 141 Å². The third kappa shape index (κ3) is 13.7. The third-order valence-corrected chi connectivity index (χ3v) is 16.8. The zero-order chi connectivity index (χ0) is 46.7. The fourth-order valence-electron chi connectivity index (χ4n) is 7.97. The Labute approximate surface area is 407 Å². The van der Waals surface area contributed by atoms with Crippen molar-refractivity contribution in [2.24, 2.45) is 0 Å². The van der Waals surface area contributed by atoms with Crippen molar-refractivity contribution >= 4 is 70.8 Å². The van der Waals surface area contributed by atoms with Crippen LogP contribution in [0.5, 0.6) is 11.5 Å². The summed E-state index contributed by atoms with van der Waals surface area (Å²) in [5, 5.41) is 22.8. The molecular weight excluding hydrogens is 905 g/mol. The molecule has 0 aliphatic carbocycles. The van der Waals surface area contributed by atoms with Gasteiger partial charge in [0.2, 0.25) is 0 Å². The number of hydrogen-bond acceptors (Lipinski definition) is 12. The molecule has 3 heterocycles. The summed E-state index contributed by atoms with van der Waals surface area (Å²) in [6.45, 7) is 4.75. The summed E-state index contributed by atoms with van der Waals surface area (Å²) in [4.78, 5) is 58.5. The van der Waals surface area contributed by atoms with Gasteiger partial charge in [0.1, 0.15) is 23.3 Å². The first-order valence-electron chi connectivity index (χ1n) is 23.6. The predicted molar refractivity (Wildman–Crippen MR) is 264 cm³/mol. The molecule has 14 heteroatoms. The van der Waals surface area contributed by atoms with Gasteiger partial charge in [-0.2, -0.15) is 10.5 Å². The minimum absolute atomic E-state index is 0.0238. The summed E-state index contributed by atoms with van der Waals surface area (Å²) < 4.78 is 13.3. The molecule has 0 spiro atoms. The van der Waals surface area contributed by atoms with Crippen LogP contribution in [-0.2, 0) is 32.3 Å². The van der Waals surface area contributed by atoms with Crippen molar-refractivity contribution < 1.29 is 28.7 Å². The minimum Gasteiger partial charge on any atom is -0.424 e. The van der Waals surface area contributed by atoms with Crippen molar-refractivity contribution in [1.29, 1.82) is 10.5 Å². The van der Waals surface area contributed by atoms with E-state index in [1.807, 2.05) is 72.8 Å². The average Bonchev–Trinajstić information content (AvgIpc) is 4.02. The van der Waals surface area contributed by atoms with E-state index in [-0.39, 0.29) is 48.6 Å². The van der Waals surface area contributed by atoms with Crippen molar-refractivity contribution in [3.8, 4) is 23.6 Å². The van der Waals surface area contributed by atoms with Gasteiger partial charge in [-0.1, -0.05) is 224 Å². The number of ether oxygens (including phenoxy) is 2. The van der Waals surface area contributed by atoms with Crippen molar-refractivity contribution in [2.75, 3.05) is 0 Å². The molecule has 3 aromatic rings. The van der Waals surface area contributed by atoms with E-state index in [9.17, 15) is 29.7 Å². The molecule has 66 heavy (non-hydrogen) atoms. The Hall–Kier alpha value is -4.60. The smallest absolute Gasteiger partial charge is 0.311 e. The number of unbranched alkanes of at least 4 members (excludes halogenated alkanes) is 16. The van der Waals surface area contributed by atoms with Gasteiger partial charge in [-0.3, -0.25) is 19.2 Å². The van der Waals surface area contributed by atoms with Crippen molar-refractivity contribution in [3.63, 3.8) is 0 Å². The SMILES string of the molecule is CCCCCCCCCCCC(=O)Oc1c2c(c(OC(=O)CCCCCCCCCCC)c3c1SC(=C1C(=O)N(Cc4ccccc4)N(Cc4ccccc4)C1=O)S3)SC(=C(C#N)C#N)S2. The van der Waals surface area contributed by atoms with Crippen LogP contribution in [0.3, 0.4) is 0 Å². The lowest BCUT2D eigenvalue weighted by Crippen LogP contribution is -2.39. The number of amides is 2. The van der Waals surface area contributed by atoms with E-state index in [1.165, 1.54) is 74.2 Å². The zero-order valence-electron chi connectivity index (χ0n) is 38.2. The van der Waals surface area contributed by atoms with Gasteiger partial charge in [0.15, 0.2) is 11.5 Å². The number of thioether (sulfide) groups is 4. The Kier molecular flexibility index (Phi) is 20.5. The largest absolute Gasteiger partial charge is 0.424 e. The van der Waals surface area contributed by atoms with Crippen LogP contribution in [-0.4, -0.2) is 33.8 Å². The van der Waals surface area contributed by atoms with E-state index in [0.29, 0.717) is 40.9 Å². The fraction of sp³-hybridized carbons (Fsp3) is 0.462. The van der Waals surface area contributed by atoms with Gasteiger partial charge in [-0.25, -0.2) is 10.0 Å². The van der Waals surface area contributed by atoms with E-state index in [4.69, 9.17) is 9.47 Å². The highest BCUT2D eigenvalue weighted by Crippen LogP contribution is 2.68. The minimum atomic E-state index is -0.468. The first-order chi connectivity index (χ1) is 32.3. The molecule has 348 valence electrons. The lowest BCUT2D eigenvalue weighted by Gasteiger charge is -2.27. The van der Waals surface area contributed by atoms with Crippen LogP contribution >= 0.6 is 47.0 Å². The van der Waals surface area contributed by atoms with Gasteiger partial charge < -0.3 is 9.47 Å². The van der Waals surface area contributed by atoms with Crippen LogP contribution in [0.15, 0.2) is 99.9 Å². The molecule has 3 aliphatic rings. The average molecular weight is 965 g/mol. The molecule has 0 bridgehead atoms. The fourth-order valence-corrected chi connectivity index (χ4v) is 13.3. The van der Waals surface area contributed by atoms with E-state index in [1.54, 1.807) is 0 Å². The summed E-state index contributed by atoms with van der Waals surface area (Å²) in [7, 11) is 0. The molecular formula is C52H60N4O6S4. The normalized spacial score (nSPS) is 14.1. The number of esters is 2. The van der Waals surface area contributed by atoms with Crippen LogP contribution < -0.4 is 9.47 Å². The molecule has 1 saturated heterocycles. The summed E-state index contributed by atoms with van der Waals surface area (Å²) in [5.74, 6) is -1.41. The van der Waals surface area contributed by atoms with Crippen LogP contribution in [0.2, 0.25) is 0 Å². The van der Waals surface area contributed by atoms with Crippen LogP contribution in [0.1, 0.15) is 153 Å². The number of hydrazine groups is 1. The van der Waals surface area contributed by atoms with Gasteiger partial charge in [0.25, 0.3) is 11.8 Å². The number of fused-ring (bicyclic) bond motifs is 2. The second-order valence-electron chi connectivity index (χ2n) is 16.7. The van der Waals surface area contributed by atoms with Gasteiger partial charge in [0.05, 0.1) is 41.1 Å². The Morgan fingerprint density at radius 3 is 1.23 bits per heavy atom. The number of nitrogens with zero attached hydrogens (tertiary/aromatic N) is 4. The molecule has 0 radical (unpaired) electrons. The third-order valence-electron chi connectivity index (χ3n) is 11.6. The molecule has 1 fully saturated rings. The summed E-state index contributed by atoms with van der Waals surface area (Å²) >= 11 is 4.53. The van der Waals surface area contributed by atoms with Crippen molar-refractivity contribution in [3.05, 3.63) is 91.4 Å². The molecule has 0 aromatic heterocycles. The van der Waals surface area contributed by atoms with Crippen LogP contribution in [0.4, 0.5) is 0 Å². The molecule has 10 nitrogen and oxygen atoms in total. The maximum Gasteiger partial charge on any atom is 0.311 e. The van der Waals surface area contributed by atoms with E-state index in [2.05, 4.69) is 13.8 Å². The van der Waals surface area contributed by atoms with Gasteiger partial charge >= 0.3 is 11.9 Å². The number of rotatable bonds is 26. The van der Waals surface area contributed by atoms with Crippen molar-refractivity contribution in [1.82, 2.24) is 10.0 Å². The molecule has 0 N–H and O–H groups in total. The number of nitriles is 2. The van der Waals surface area contributed by atoms with E-state index in [0.717, 1.165) is 96.7 Å². The van der Waals surface area contributed by atoms with E-state index < -0.39 is 23.8 Å². The second-order valence-corrected chi connectivity index (χ2v) is 21.3. The highest BCUT2D eigenvalue weighted by atomic mass is 32.2. The monoisotopic (exact) mass is 964 g/mol. The zero-order valence-corrected chi connectivity index (χ0v) is 41.5. The Morgan fingerprint density at radius 1 is 0.515 bits per heavy atom. The quantitative estimate of drug-likeness (QED) is 0.0189. The van der Waals surface area contributed by atoms with Gasteiger partial charge in [-0.05, 0) is 24.0 Å². The second kappa shape index (κ2) is 26.7. The standard InChI is InChI=1S/C52H60N4O6S4/c1-3-5-7-9-11-13-15-17-25-31-40(57)61-43-45-46(64-51(63-45)39(33-53)34-54)44(62-41(58)32-26-18-16-14-12-10-8-6-4-2)48-47(43)65-52(66-48)42-49(59)55(35-37-27-21-19-22-28-37)56(50(42)60)36-38-29-23-20-24-30-38/h19-24,27-30H,3-18,25-26,31-32,35-36H2,1-2H3. The molecule has 3 aromatic carbocycles. The Bertz CT molecular complexity index is 2180. The first kappa shape index (κ1) is 50.8. The highest BCUT2D eigenvalue weighted by molar-refractivity contribution is 8.26. The van der Waals surface area contributed by atoms with Gasteiger partial charge in [-0.15, -0.1) is 0 Å². The van der Waals surface area contributed by atoms with E-state index >= 15 is 0 Å². The molecule has 0 saturated carbocycles. The van der Waals surface area contributed by atoms with Crippen LogP contribution in [0, 0.1) is 22.7 Å². The molecule has 0 atom stereocenters. The first-order valence-corrected chi connectivity index (χ1v) is 26.9. The lowest BCUT2D eigenvalue weighted by atomic mass is 10.1.